The molecule has 0 saturated heterocycles. The molecule has 0 fully saturated rings. The van der Waals surface area contributed by atoms with Gasteiger partial charge < -0.3 is 5.73 Å². The fourth-order valence-electron chi connectivity index (χ4n) is 1.63. The lowest BCUT2D eigenvalue weighted by atomic mass is 10.3. The van der Waals surface area contributed by atoms with E-state index in [0.29, 0.717) is 5.56 Å². The van der Waals surface area contributed by atoms with Gasteiger partial charge in [-0.05, 0) is 30.7 Å². The van der Waals surface area contributed by atoms with Gasteiger partial charge in [-0.2, -0.15) is 0 Å². The molecule has 5 nitrogen and oxygen atoms in total. The van der Waals surface area contributed by atoms with Crippen molar-refractivity contribution in [1.82, 2.24) is 4.98 Å². The molecule has 0 spiro atoms. The maximum atomic E-state index is 12.3. The minimum Gasteiger partial charge on any atom is -0.398 e. The zero-order valence-corrected chi connectivity index (χ0v) is 12.7. The number of rotatable bonds is 3. The number of benzene rings is 1. The summed E-state index contributed by atoms with van der Waals surface area (Å²) >= 11 is 11.7. The molecule has 2 rings (SSSR count). The Morgan fingerprint density at radius 1 is 1.30 bits per heavy atom. The minimum absolute atomic E-state index is 0.0245. The van der Waals surface area contributed by atoms with Gasteiger partial charge in [0.15, 0.2) is 0 Å². The molecule has 2 aromatic rings. The van der Waals surface area contributed by atoms with E-state index in [1.165, 1.54) is 18.3 Å². The number of nitrogen functional groups attached to an aromatic ring is 1. The Hall–Kier alpha value is -1.50. The molecule has 0 aliphatic heterocycles. The normalized spacial score (nSPS) is 11.3. The third-order valence-electron chi connectivity index (χ3n) is 2.55. The molecule has 3 N–H and O–H groups in total. The van der Waals surface area contributed by atoms with Crippen LogP contribution in [0.15, 0.2) is 35.4 Å². The molecule has 20 heavy (non-hydrogen) atoms. The lowest BCUT2D eigenvalue weighted by Crippen LogP contribution is -2.17. The Morgan fingerprint density at radius 2 is 2.00 bits per heavy atom. The first kappa shape index (κ1) is 14.9. The third kappa shape index (κ3) is 2.98. The Bertz CT molecular complexity index is 740. The topological polar surface area (TPSA) is 85.1 Å². The Kier molecular flexibility index (Phi) is 4.08. The molecule has 1 aromatic heterocycles. The fraction of sp³-hybridized carbons (Fsp3) is 0.0833. The summed E-state index contributed by atoms with van der Waals surface area (Å²) in [5, 5.41) is 0.219. The monoisotopic (exact) mass is 331 g/mol. The molecular weight excluding hydrogens is 321 g/mol. The molecule has 0 bridgehead atoms. The van der Waals surface area contributed by atoms with Crippen molar-refractivity contribution in [1.29, 1.82) is 0 Å². The van der Waals surface area contributed by atoms with Crippen molar-refractivity contribution >= 4 is 44.7 Å². The van der Waals surface area contributed by atoms with E-state index in [0.717, 1.165) is 0 Å². The van der Waals surface area contributed by atoms with Crippen molar-refractivity contribution in [3.63, 3.8) is 0 Å². The summed E-state index contributed by atoms with van der Waals surface area (Å²) in [7, 11) is -3.94. The van der Waals surface area contributed by atoms with E-state index >= 15 is 0 Å². The standard InChI is InChI=1S/C12H11Cl2N3O2S/c1-7-3-2-4-16-12(7)17-20(18,19)11-9(14)5-8(13)6-10(11)15/h2-6H,15H2,1H3,(H,16,17). The van der Waals surface area contributed by atoms with Crippen LogP contribution in [-0.2, 0) is 10.0 Å². The highest BCUT2D eigenvalue weighted by molar-refractivity contribution is 7.93. The van der Waals surface area contributed by atoms with Crippen molar-refractivity contribution in [2.45, 2.75) is 11.8 Å². The molecule has 1 aromatic carbocycles. The third-order valence-corrected chi connectivity index (χ3v) is 4.63. The van der Waals surface area contributed by atoms with Crippen LogP contribution in [0, 0.1) is 6.92 Å². The molecule has 0 amide bonds. The predicted molar refractivity (Wildman–Crippen MR) is 80.7 cm³/mol. The second-order valence-corrected chi connectivity index (χ2v) is 6.54. The maximum Gasteiger partial charge on any atom is 0.266 e. The van der Waals surface area contributed by atoms with Crippen LogP contribution in [0.25, 0.3) is 0 Å². The highest BCUT2D eigenvalue weighted by Gasteiger charge is 2.23. The fourth-order valence-corrected chi connectivity index (χ4v) is 3.70. The van der Waals surface area contributed by atoms with Crippen LogP contribution in [0.3, 0.4) is 0 Å². The number of sulfonamides is 1. The highest BCUT2D eigenvalue weighted by atomic mass is 35.5. The summed E-state index contributed by atoms with van der Waals surface area (Å²) < 4.78 is 27.1. The number of hydrogen-bond acceptors (Lipinski definition) is 4. The molecule has 106 valence electrons. The van der Waals surface area contributed by atoms with Crippen LogP contribution >= 0.6 is 23.2 Å². The van der Waals surface area contributed by atoms with Crippen LogP contribution in [-0.4, -0.2) is 13.4 Å². The minimum atomic E-state index is -3.94. The second kappa shape index (κ2) is 5.47. The largest absolute Gasteiger partial charge is 0.398 e. The number of pyridine rings is 1. The average molecular weight is 332 g/mol. The van der Waals surface area contributed by atoms with Gasteiger partial charge in [-0.25, -0.2) is 13.4 Å². The number of aryl methyl sites for hydroxylation is 1. The number of nitrogens with two attached hydrogens (primary N) is 1. The van der Waals surface area contributed by atoms with E-state index in [4.69, 9.17) is 28.9 Å². The van der Waals surface area contributed by atoms with Crippen molar-refractivity contribution in [3.05, 3.63) is 46.1 Å². The van der Waals surface area contributed by atoms with Crippen LogP contribution in [0.5, 0.6) is 0 Å². The van der Waals surface area contributed by atoms with E-state index in [1.54, 1.807) is 19.1 Å². The molecule has 0 aliphatic carbocycles. The summed E-state index contributed by atoms with van der Waals surface area (Å²) in [5.74, 6) is 0.220. The van der Waals surface area contributed by atoms with Crippen molar-refractivity contribution in [2.24, 2.45) is 0 Å². The van der Waals surface area contributed by atoms with E-state index in [1.807, 2.05) is 0 Å². The molecule has 1 heterocycles. The molecule has 0 aliphatic rings. The first-order valence-electron chi connectivity index (χ1n) is 5.50. The van der Waals surface area contributed by atoms with E-state index in [2.05, 4.69) is 9.71 Å². The molecule has 0 saturated carbocycles. The van der Waals surface area contributed by atoms with Gasteiger partial charge in [0.2, 0.25) is 0 Å². The van der Waals surface area contributed by atoms with Gasteiger partial charge in [0, 0.05) is 11.2 Å². The SMILES string of the molecule is Cc1cccnc1NS(=O)(=O)c1c(N)cc(Cl)cc1Cl. The van der Waals surface area contributed by atoms with Crippen molar-refractivity contribution in [3.8, 4) is 0 Å². The van der Waals surface area contributed by atoms with Gasteiger partial charge >= 0.3 is 0 Å². The zero-order valence-electron chi connectivity index (χ0n) is 10.4. The number of halogens is 2. The lowest BCUT2D eigenvalue weighted by molar-refractivity contribution is 0.601. The van der Waals surface area contributed by atoms with Gasteiger partial charge in [-0.3, -0.25) is 4.72 Å². The van der Waals surface area contributed by atoms with Gasteiger partial charge in [-0.1, -0.05) is 29.3 Å². The summed E-state index contributed by atoms with van der Waals surface area (Å²) in [6.45, 7) is 1.73. The predicted octanol–water partition coefficient (Wildman–Crippen LogP) is 3.08. The maximum absolute atomic E-state index is 12.3. The van der Waals surface area contributed by atoms with E-state index < -0.39 is 10.0 Å². The number of nitrogens with one attached hydrogen (secondary N) is 1. The summed E-state index contributed by atoms with van der Waals surface area (Å²) in [6, 6.07) is 6.08. The average Bonchev–Trinajstić information content (AvgIpc) is 2.30. The zero-order chi connectivity index (χ0) is 14.9. The van der Waals surface area contributed by atoms with Crippen LogP contribution < -0.4 is 10.5 Å². The van der Waals surface area contributed by atoms with Crippen LogP contribution in [0.1, 0.15) is 5.56 Å². The lowest BCUT2D eigenvalue weighted by Gasteiger charge is -2.12. The smallest absolute Gasteiger partial charge is 0.266 e. The molecular formula is C12H11Cl2N3O2S. The molecule has 0 radical (unpaired) electrons. The quantitative estimate of drug-likeness (QED) is 0.846. The van der Waals surface area contributed by atoms with Gasteiger partial charge in [0.1, 0.15) is 10.7 Å². The van der Waals surface area contributed by atoms with Crippen molar-refractivity contribution < 1.29 is 8.42 Å². The molecule has 0 unspecified atom stereocenters. The van der Waals surface area contributed by atoms with Gasteiger partial charge in [0.05, 0.1) is 10.7 Å². The highest BCUT2D eigenvalue weighted by Crippen LogP contribution is 2.32. The number of hydrogen-bond donors (Lipinski definition) is 2. The molecule has 0 atom stereocenters. The van der Waals surface area contributed by atoms with Gasteiger partial charge in [0.25, 0.3) is 10.0 Å². The second-order valence-electron chi connectivity index (χ2n) is 4.08. The van der Waals surface area contributed by atoms with Crippen LogP contribution in [0.4, 0.5) is 11.5 Å². The Morgan fingerprint density at radius 3 is 2.60 bits per heavy atom. The van der Waals surface area contributed by atoms with E-state index in [-0.39, 0.29) is 26.4 Å². The number of aromatic nitrogens is 1. The van der Waals surface area contributed by atoms with Crippen LogP contribution in [0.2, 0.25) is 10.0 Å². The first-order valence-corrected chi connectivity index (χ1v) is 7.74. The Balaban J connectivity index is 2.50. The number of anilines is 2. The van der Waals surface area contributed by atoms with Gasteiger partial charge in [-0.15, -0.1) is 0 Å². The Labute approximate surface area is 126 Å². The number of nitrogens with zero attached hydrogens (tertiary/aromatic N) is 1. The summed E-state index contributed by atoms with van der Waals surface area (Å²) in [4.78, 5) is 3.75. The summed E-state index contributed by atoms with van der Waals surface area (Å²) in [6.07, 6.45) is 1.48. The summed E-state index contributed by atoms with van der Waals surface area (Å²) in [5.41, 5.74) is 6.35. The molecule has 8 heteroatoms. The van der Waals surface area contributed by atoms with E-state index in [9.17, 15) is 8.42 Å². The van der Waals surface area contributed by atoms with Crippen molar-refractivity contribution in [2.75, 3.05) is 10.5 Å². The first-order chi connectivity index (χ1) is 9.31.